The van der Waals surface area contributed by atoms with Gasteiger partial charge in [-0.05, 0) is 55.0 Å². The minimum atomic E-state index is 0.604. The molecule has 3 heteroatoms. The number of nitrogens with one attached hydrogen (secondary N) is 1. The lowest BCUT2D eigenvalue weighted by atomic mass is 9.98. The summed E-state index contributed by atoms with van der Waals surface area (Å²) in [5, 5.41) is 2.71. The van der Waals surface area contributed by atoms with Gasteiger partial charge in [0.05, 0.1) is 0 Å². The predicted octanol–water partition coefficient (Wildman–Crippen LogP) is 5.21. The first-order chi connectivity index (χ1) is 11.8. The van der Waals surface area contributed by atoms with Crippen molar-refractivity contribution in [1.82, 2.24) is 5.32 Å². The summed E-state index contributed by atoms with van der Waals surface area (Å²) in [6.45, 7) is 6.98. The number of hydrogen-bond acceptors (Lipinski definition) is 2. The minimum Gasteiger partial charge on any atom is -0.457 e. The van der Waals surface area contributed by atoms with Crippen LogP contribution >= 0.6 is 0 Å². The van der Waals surface area contributed by atoms with Crippen LogP contribution in [0.15, 0.2) is 54.6 Å². The summed E-state index contributed by atoms with van der Waals surface area (Å²) in [6, 6.07) is 18.1. The van der Waals surface area contributed by atoms with Crippen molar-refractivity contribution in [1.29, 1.82) is 0 Å². The van der Waals surface area contributed by atoms with Crippen molar-refractivity contribution in [2.24, 2.45) is 5.92 Å². The summed E-state index contributed by atoms with van der Waals surface area (Å²) in [6.07, 6.45) is 3.96. The molecule has 0 aliphatic heterocycles. The Kier molecular flexibility index (Phi) is 10.0. The summed E-state index contributed by atoms with van der Waals surface area (Å²) < 4.78 is 5.78. The molecule has 0 fully saturated rings. The number of para-hydroxylation sites is 1. The van der Waals surface area contributed by atoms with Gasteiger partial charge in [-0.3, -0.25) is 4.79 Å². The third-order valence-corrected chi connectivity index (χ3v) is 3.69. The lowest BCUT2D eigenvalue weighted by Crippen LogP contribution is -2.15. The highest BCUT2D eigenvalue weighted by Crippen LogP contribution is 2.22. The second-order valence-corrected chi connectivity index (χ2v) is 5.56. The van der Waals surface area contributed by atoms with Crippen molar-refractivity contribution < 1.29 is 9.53 Å². The fraction of sp³-hybridized carbons (Fsp3) is 0.381. The molecule has 0 aliphatic rings. The third kappa shape index (κ3) is 7.82. The molecule has 1 unspecified atom stereocenters. The maximum absolute atomic E-state index is 10.2. The van der Waals surface area contributed by atoms with Crippen LogP contribution in [0.2, 0.25) is 0 Å². The summed E-state index contributed by atoms with van der Waals surface area (Å²) in [7, 11) is 0. The molecule has 2 aromatic carbocycles. The van der Waals surface area contributed by atoms with E-state index in [0.717, 1.165) is 43.7 Å². The SMILES string of the molecule is CC.CC(CCNC=O)CCc1ccc(Oc2ccccc2)cc1. The van der Waals surface area contributed by atoms with Crippen LogP contribution in [0, 0.1) is 5.92 Å². The Bertz CT molecular complexity index is 552. The van der Waals surface area contributed by atoms with E-state index in [1.54, 1.807) is 0 Å². The highest BCUT2D eigenvalue weighted by molar-refractivity contribution is 5.45. The van der Waals surface area contributed by atoms with E-state index in [0.29, 0.717) is 5.92 Å². The quantitative estimate of drug-likeness (QED) is 0.507. The number of carbonyl (C=O) groups is 1. The standard InChI is InChI=1S/C19H23NO2.C2H6/c1-16(13-14-20-15-21)7-8-17-9-11-19(12-10-17)22-18-5-3-2-4-6-18;1-2/h2-6,9-12,15-16H,7-8,13-14H2,1H3,(H,20,21);1-2H3. The average Bonchev–Trinajstić information content (AvgIpc) is 2.64. The summed E-state index contributed by atoms with van der Waals surface area (Å²) in [5.41, 5.74) is 1.32. The van der Waals surface area contributed by atoms with Crippen molar-refractivity contribution in [3.63, 3.8) is 0 Å². The van der Waals surface area contributed by atoms with E-state index < -0.39 is 0 Å². The van der Waals surface area contributed by atoms with Crippen molar-refractivity contribution in [3.05, 3.63) is 60.2 Å². The molecule has 0 radical (unpaired) electrons. The summed E-state index contributed by atoms with van der Waals surface area (Å²) in [5.74, 6) is 2.32. The Labute approximate surface area is 146 Å². The predicted molar refractivity (Wildman–Crippen MR) is 100 cm³/mol. The molecule has 0 saturated heterocycles. The molecule has 3 nitrogen and oxygen atoms in total. The molecule has 24 heavy (non-hydrogen) atoms. The van der Waals surface area contributed by atoms with Gasteiger partial charge in [-0.1, -0.05) is 51.1 Å². The smallest absolute Gasteiger partial charge is 0.207 e. The molecule has 0 spiro atoms. The molecule has 0 aliphatic carbocycles. The summed E-state index contributed by atoms with van der Waals surface area (Å²) in [4.78, 5) is 10.2. The van der Waals surface area contributed by atoms with Crippen molar-refractivity contribution >= 4 is 6.41 Å². The second kappa shape index (κ2) is 12.2. The average molecular weight is 327 g/mol. The molecule has 130 valence electrons. The zero-order valence-corrected chi connectivity index (χ0v) is 15.0. The van der Waals surface area contributed by atoms with Gasteiger partial charge in [0.15, 0.2) is 0 Å². The van der Waals surface area contributed by atoms with Crippen molar-refractivity contribution in [2.75, 3.05) is 6.54 Å². The Morgan fingerprint density at radius 2 is 1.58 bits per heavy atom. The van der Waals surface area contributed by atoms with E-state index in [4.69, 9.17) is 4.74 Å². The number of rotatable bonds is 9. The Morgan fingerprint density at radius 1 is 0.958 bits per heavy atom. The first-order valence-corrected chi connectivity index (χ1v) is 8.77. The maximum Gasteiger partial charge on any atom is 0.207 e. The van der Waals surface area contributed by atoms with Crippen LogP contribution in [0.5, 0.6) is 11.5 Å². The zero-order valence-electron chi connectivity index (χ0n) is 15.0. The number of hydrogen-bond donors (Lipinski definition) is 1. The number of amides is 1. The van der Waals surface area contributed by atoms with E-state index in [9.17, 15) is 4.79 Å². The highest BCUT2D eigenvalue weighted by Gasteiger charge is 2.03. The van der Waals surface area contributed by atoms with Crippen LogP contribution in [0.25, 0.3) is 0 Å². The first-order valence-electron chi connectivity index (χ1n) is 8.77. The zero-order chi connectivity index (χ0) is 17.6. The topological polar surface area (TPSA) is 38.3 Å². The molecule has 1 amide bonds. The van der Waals surface area contributed by atoms with Gasteiger partial charge in [0, 0.05) is 6.54 Å². The number of benzene rings is 2. The largest absolute Gasteiger partial charge is 0.457 e. The Morgan fingerprint density at radius 3 is 2.21 bits per heavy atom. The van der Waals surface area contributed by atoms with Gasteiger partial charge in [0.2, 0.25) is 6.41 Å². The maximum atomic E-state index is 10.2. The molecule has 0 aromatic heterocycles. The van der Waals surface area contributed by atoms with E-state index in [-0.39, 0.29) is 0 Å². The normalized spacial score (nSPS) is 11.0. The monoisotopic (exact) mass is 327 g/mol. The van der Waals surface area contributed by atoms with Gasteiger partial charge < -0.3 is 10.1 Å². The van der Waals surface area contributed by atoms with Crippen LogP contribution in [0.1, 0.15) is 39.2 Å². The molecule has 0 heterocycles. The molecule has 0 bridgehead atoms. The van der Waals surface area contributed by atoms with Crippen molar-refractivity contribution in [2.45, 2.75) is 40.0 Å². The number of ether oxygens (including phenoxy) is 1. The lowest BCUT2D eigenvalue weighted by Gasteiger charge is -2.11. The Hall–Kier alpha value is -2.29. The van der Waals surface area contributed by atoms with Crippen LogP contribution in [0.3, 0.4) is 0 Å². The summed E-state index contributed by atoms with van der Waals surface area (Å²) >= 11 is 0. The fourth-order valence-electron chi connectivity index (χ4n) is 2.29. The van der Waals surface area contributed by atoms with E-state index in [1.807, 2.05) is 56.3 Å². The second-order valence-electron chi connectivity index (χ2n) is 5.56. The fourth-order valence-corrected chi connectivity index (χ4v) is 2.29. The van der Waals surface area contributed by atoms with Gasteiger partial charge in [-0.2, -0.15) is 0 Å². The van der Waals surface area contributed by atoms with Crippen LogP contribution in [-0.4, -0.2) is 13.0 Å². The third-order valence-electron chi connectivity index (χ3n) is 3.69. The first kappa shape index (κ1) is 19.8. The van der Waals surface area contributed by atoms with E-state index in [2.05, 4.69) is 24.4 Å². The van der Waals surface area contributed by atoms with Gasteiger partial charge in [0.25, 0.3) is 0 Å². The molecule has 2 rings (SSSR count). The van der Waals surface area contributed by atoms with Gasteiger partial charge in [0.1, 0.15) is 11.5 Å². The molecular formula is C21H29NO2. The van der Waals surface area contributed by atoms with E-state index in [1.165, 1.54) is 5.56 Å². The van der Waals surface area contributed by atoms with Crippen LogP contribution in [-0.2, 0) is 11.2 Å². The highest BCUT2D eigenvalue weighted by atomic mass is 16.5. The molecule has 2 aromatic rings. The van der Waals surface area contributed by atoms with E-state index >= 15 is 0 Å². The van der Waals surface area contributed by atoms with Gasteiger partial charge >= 0.3 is 0 Å². The molecule has 0 saturated carbocycles. The number of carbonyl (C=O) groups excluding carboxylic acids is 1. The Balaban J connectivity index is 0.00000139. The lowest BCUT2D eigenvalue weighted by molar-refractivity contribution is -0.109. The van der Waals surface area contributed by atoms with Crippen LogP contribution < -0.4 is 10.1 Å². The van der Waals surface area contributed by atoms with Gasteiger partial charge in [-0.25, -0.2) is 0 Å². The number of aryl methyl sites for hydroxylation is 1. The molecule has 1 N–H and O–H groups in total. The van der Waals surface area contributed by atoms with Crippen molar-refractivity contribution in [3.8, 4) is 11.5 Å². The van der Waals surface area contributed by atoms with Gasteiger partial charge in [-0.15, -0.1) is 0 Å². The molecule has 1 atom stereocenters. The van der Waals surface area contributed by atoms with Crippen LogP contribution in [0.4, 0.5) is 0 Å². The molecular weight excluding hydrogens is 298 g/mol. The minimum absolute atomic E-state index is 0.604.